The van der Waals surface area contributed by atoms with E-state index in [0.29, 0.717) is 37.6 Å². The lowest BCUT2D eigenvalue weighted by atomic mass is 9.93. The van der Waals surface area contributed by atoms with Gasteiger partial charge in [-0.2, -0.15) is 0 Å². The molecule has 1 heterocycles. The highest BCUT2D eigenvalue weighted by Crippen LogP contribution is 2.29. The summed E-state index contributed by atoms with van der Waals surface area (Å²) < 4.78 is 11.8. The second kappa shape index (κ2) is 17.9. The standard InChI is InChI=1S/C41H42O4S2/c1-30(42)46-23-11-9-13-32-25-33(14-10-12-24-47-31(2)43)27-34(26-32)15-16-35-28-37(18-20-41(6,7)8)38(39-44-21-22-45-39)29-36(35)17-19-40(3,4)5/h25-29,39H,11-12,21-24H2,1-8H3. The number of benzene rings is 2. The van der Waals surface area contributed by atoms with E-state index in [2.05, 4.69) is 101 Å². The summed E-state index contributed by atoms with van der Waals surface area (Å²) in [6.45, 7) is 16.6. The molecule has 0 unspecified atom stereocenters. The van der Waals surface area contributed by atoms with Gasteiger partial charge in [-0.05, 0) is 71.9 Å². The molecule has 1 aliphatic rings. The summed E-state index contributed by atoms with van der Waals surface area (Å²) >= 11 is 2.54. The van der Waals surface area contributed by atoms with Crippen LogP contribution in [-0.2, 0) is 19.1 Å². The predicted molar refractivity (Wildman–Crippen MR) is 195 cm³/mol. The highest BCUT2D eigenvalue weighted by Gasteiger charge is 2.23. The van der Waals surface area contributed by atoms with Crippen LogP contribution < -0.4 is 0 Å². The Labute approximate surface area is 290 Å². The third-order valence-corrected chi connectivity index (χ3v) is 7.64. The maximum atomic E-state index is 11.3. The van der Waals surface area contributed by atoms with E-state index < -0.39 is 6.29 Å². The van der Waals surface area contributed by atoms with Crippen molar-refractivity contribution in [3.05, 3.63) is 69.3 Å². The molecular weight excluding hydrogens is 621 g/mol. The van der Waals surface area contributed by atoms with Crippen LogP contribution in [0.25, 0.3) is 0 Å². The van der Waals surface area contributed by atoms with E-state index in [1.54, 1.807) is 13.8 Å². The van der Waals surface area contributed by atoms with Crippen molar-refractivity contribution in [2.24, 2.45) is 10.8 Å². The van der Waals surface area contributed by atoms with Gasteiger partial charge in [0.05, 0.1) is 13.2 Å². The first-order valence-electron chi connectivity index (χ1n) is 15.6. The van der Waals surface area contributed by atoms with Gasteiger partial charge in [-0.3, -0.25) is 9.59 Å². The molecule has 0 amide bonds. The number of thioether (sulfide) groups is 2. The first-order valence-corrected chi connectivity index (χ1v) is 17.5. The van der Waals surface area contributed by atoms with E-state index in [0.717, 1.165) is 38.9 Å². The monoisotopic (exact) mass is 662 g/mol. The normalized spacial score (nSPS) is 12.5. The third-order valence-electron chi connectivity index (χ3n) is 6.01. The van der Waals surface area contributed by atoms with Crippen LogP contribution in [0.2, 0.25) is 0 Å². The van der Waals surface area contributed by atoms with Crippen molar-refractivity contribution >= 4 is 33.8 Å². The summed E-state index contributed by atoms with van der Waals surface area (Å²) in [4.78, 5) is 22.6. The van der Waals surface area contributed by atoms with Crippen molar-refractivity contribution in [3.8, 4) is 59.2 Å². The topological polar surface area (TPSA) is 52.6 Å². The van der Waals surface area contributed by atoms with Gasteiger partial charge in [0.25, 0.3) is 0 Å². The van der Waals surface area contributed by atoms with Gasteiger partial charge in [-0.25, -0.2) is 0 Å². The number of carbonyl (C=O) groups excluding carboxylic acids is 2. The van der Waals surface area contributed by atoms with Gasteiger partial charge in [0, 0.05) is 88.0 Å². The number of rotatable bonds is 5. The average Bonchev–Trinajstić information content (AvgIpc) is 3.51. The molecule has 0 spiro atoms. The molecule has 6 heteroatoms. The average molecular weight is 663 g/mol. The van der Waals surface area contributed by atoms with Gasteiger partial charge < -0.3 is 9.47 Å². The second-order valence-corrected chi connectivity index (χ2v) is 15.4. The lowest BCUT2D eigenvalue weighted by Gasteiger charge is -2.15. The zero-order chi connectivity index (χ0) is 34.5. The fraction of sp³-hybridized carbons (Fsp3) is 0.415. The van der Waals surface area contributed by atoms with Gasteiger partial charge in [0.2, 0.25) is 0 Å². The molecule has 1 fully saturated rings. The second-order valence-electron chi connectivity index (χ2n) is 12.9. The van der Waals surface area contributed by atoms with E-state index in [1.807, 2.05) is 30.3 Å². The maximum absolute atomic E-state index is 11.3. The molecule has 0 bridgehead atoms. The molecular formula is C41H42O4S2. The number of carbonyl (C=O) groups is 2. The summed E-state index contributed by atoms with van der Waals surface area (Å²) in [6, 6.07) is 9.83. The van der Waals surface area contributed by atoms with Crippen molar-refractivity contribution in [1.82, 2.24) is 0 Å². The zero-order valence-corrected chi connectivity index (χ0v) is 30.3. The summed E-state index contributed by atoms with van der Waals surface area (Å²) in [7, 11) is 0. The highest BCUT2D eigenvalue weighted by atomic mass is 32.2. The molecule has 2 aromatic rings. The van der Waals surface area contributed by atoms with Gasteiger partial charge in [0.1, 0.15) is 0 Å². The van der Waals surface area contributed by atoms with Gasteiger partial charge >= 0.3 is 0 Å². The maximum Gasteiger partial charge on any atom is 0.185 e. The van der Waals surface area contributed by atoms with Crippen LogP contribution in [0.4, 0.5) is 0 Å². The van der Waals surface area contributed by atoms with Crippen molar-refractivity contribution in [3.63, 3.8) is 0 Å². The summed E-state index contributed by atoms with van der Waals surface area (Å²) in [5.41, 5.74) is 5.14. The number of hydrogen-bond acceptors (Lipinski definition) is 6. The van der Waals surface area contributed by atoms with Crippen molar-refractivity contribution in [2.45, 2.75) is 74.5 Å². The fourth-order valence-electron chi connectivity index (χ4n) is 3.98. The van der Waals surface area contributed by atoms with Crippen LogP contribution in [0, 0.1) is 70.0 Å². The summed E-state index contributed by atoms with van der Waals surface area (Å²) in [5.74, 6) is 34.2. The Balaban J connectivity index is 2.13. The zero-order valence-electron chi connectivity index (χ0n) is 28.7. The van der Waals surface area contributed by atoms with Crippen LogP contribution in [0.1, 0.15) is 113 Å². The van der Waals surface area contributed by atoms with Crippen LogP contribution in [0.15, 0.2) is 30.3 Å². The van der Waals surface area contributed by atoms with E-state index in [9.17, 15) is 9.59 Å². The Bertz CT molecular complexity index is 1740. The first-order chi connectivity index (χ1) is 22.2. The molecule has 4 nitrogen and oxygen atoms in total. The van der Waals surface area contributed by atoms with Crippen LogP contribution >= 0.6 is 23.5 Å². The predicted octanol–water partition coefficient (Wildman–Crippen LogP) is 7.97. The largest absolute Gasteiger partial charge is 0.346 e. The molecule has 0 radical (unpaired) electrons. The molecule has 0 atom stereocenters. The van der Waals surface area contributed by atoms with Gasteiger partial charge in [0.15, 0.2) is 16.5 Å². The SMILES string of the molecule is CC(=O)SCCC#Cc1cc(C#CCCSC(C)=O)cc(C#Cc2cc(C#CC(C)(C)C)c(C3OCCO3)cc2C#CC(C)(C)C)c1. The number of hydrogen-bond donors (Lipinski definition) is 0. The molecule has 242 valence electrons. The van der Waals surface area contributed by atoms with Crippen LogP contribution in [-0.4, -0.2) is 35.0 Å². The molecule has 0 N–H and O–H groups in total. The van der Waals surface area contributed by atoms with E-state index >= 15 is 0 Å². The quantitative estimate of drug-likeness (QED) is 0.239. The Morgan fingerprint density at radius 3 is 1.55 bits per heavy atom. The van der Waals surface area contributed by atoms with Crippen LogP contribution in [0.5, 0.6) is 0 Å². The van der Waals surface area contributed by atoms with E-state index in [1.165, 1.54) is 23.5 Å². The molecule has 3 rings (SSSR count). The summed E-state index contributed by atoms with van der Waals surface area (Å²) in [5, 5.41) is 0.167. The number of ether oxygens (including phenoxy) is 2. The molecule has 1 aliphatic heterocycles. The van der Waals surface area contributed by atoms with Gasteiger partial charge in [-0.15, -0.1) is 0 Å². The lowest BCUT2D eigenvalue weighted by Crippen LogP contribution is -2.05. The molecule has 0 aliphatic carbocycles. The lowest BCUT2D eigenvalue weighted by molar-refractivity contribution is -0.109. The molecule has 0 saturated carbocycles. The smallest absolute Gasteiger partial charge is 0.185 e. The molecule has 0 aromatic heterocycles. The van der Waals surface area contributed by atoms with Crippen molar-refractivity contribution in [1.29, 1.82) is 0 Å². The fourth-order valence-corrected chi connectivity index (χ4v) is 4.96. The first kappa shape index (κ1) is 37.7. The Morgan fingerprint density at radius 2 is 1.09 bits per heavy atom. The third kappa shape index (κ3) is 14.7. The summed E-state index contributed by atoms with van der Waals surface area (Å²) in [6.07, 6.45) is 0.687. The van der Waals surface area contributed by atoms with E-state index in [-0.39, 0.29) is 21.1 Å². The highest BCUT2D eigenvalue weighted by molar-refractivity contribution is 8.13. The Morgan fingerprint density at radius 1 is 0.638 bits per heavy atom. The van der Waals surface area contributed by atoms with E-state index in [4.69, 9.17) is 9.47 Å². The Kier molecular flexibility index (Phi) is 14.4. The molecule has 1 saturated heterocycles. The minimum atomic E-state index is -0.504. The molecule has 2 aromatic carbocycles. The van der Waals surface area contributed by atoms with Crippen molar-refractivity contribution < 1.29 is 19.1 Å². The molecule has 47 heavy (non-hydrogen) atoms. The van der Waals surface area contributed by atoms with Gasteiger partial charge in [-0.1, -0.05) is 82.7 Å². The van der Waals surface area contributed by atoms with Crippen LogP contribution in [0.3, 0.4) is 0 Å². The minimum absolute atomic E-state index is 0.0833. The minimum Gasteiger partial charge on any atom is -0.346 e. The Hall–Kier alpha value is -3.80. The van der Waals surface area contributed by atoms with Crippen molar-refractivity contribution in [2.75, 3.05) is 24.7 Å².